The lowest BCUT2D eigenvalue weighted by Gasteiger charge is -2.57. The molecule has 3 aromatic heterocycles. The highest BCUT2D eigenvalue weighted by Gasteiger charge is 2.59. The minimum absolute atomic E-state index is 0. The zero-order chi connectivity index (χ0) is 71.8. The summed E-state index contributed by atoms with van der Waals surface area (Å²) in [6, 6.07) is 30.1. The van der Waals surface area contributed by atoms with Crippen molar-refractivity contribution < 1.29 is 42.9 Å². The summed E-state index contributed by atoms with van der Waals surface area (Å²) >= 11 is 0. The van der Waals surface area contributed by atoms with Crippen molar-refractivity contribution in [3.63, 3.8) is 0 Å². The number of aliphatic carboxylic acids is 3. The largest absolute Gasteiger partial charge is 0.481 e. The van der Waals surface area contributed by atoms with E-state index >= 15 is 0 Å². The lowest BCUT2D eigenvalue weighted by atomic mass is 9.47. The van der Waals surface area contributed by atoms with Crippen molar-refractivity contribution in [2.45, 2.75) is 245 Å². The minimum Gasteiger partial charge on any atom is -0.481 e. The minimum atomic E-state index is -0.647. The van der Waals surface area contributed by atoms with Gasteiger partial charge in [-0.3, -0.25) is 29.4 Å². The number of aliphatic imine (C=N–C) groups is 3. The number of hydrogen-bond donors (Lipinski definition) is 3. The Morgan fingerprint density at radius 1 is 0.377 bits per heavy atom. The normalized spacial score (nSPS) is 24.5. The Morgan fingerprint density at radius 2 is 0.613 bits per heavy atom. The Labute approximate surface area is 624 Å². The molecule has 3 N–H and O–H groups in total. The fourth-order valence-electron chi connectivity index (χ4n) is 20.7. The average molecular weight is 1440 g/mol. The monoisotopic (exact) mass is 1440 g/mol. The van der Waals surface area contributed by atoms with Gasteiger partial charge in [0.15, 0.2) is 0 Å². The number of benzene rings is 6. The zero-order valence-electron chi connectivity index (χ0n) is 60.8. The molecule has 106 heavy (non-hydrogen) atoms. The van der Waals surface area contributed by atoms with E-state index < -0.39 is 17.9 Å². The summed E-state index contributed by atoms with van der Waals surface area (Å²) in [5.74, 6) is -0.836. The van der Waals surface area contributed by atoms with Gasteiger partial charge in [0.2, 0.25) is 0 Å². The SMILES string of the molecule is C.C.C.C.CC1=NCc2cc3c(C4CC5(CC(C(=O)O)C5)C4)c(C(C)C)n(-c4ccc(F)c(C)c4)c3cc21.CC1=NCc2cc3c(C4CC5(CC(C(=O)O)C5)C4)c(C(C)C)n(-c4ccc(F)c(C)c4)c3cc21.CC1=NCc2cc3c(C4CC5(CC(C(=O)O)C5)C4)c(C(C)C)n(-c4ccc(F)c(C)c4)c3cc21. The molecule has 6 fully saturated rings. The summed E-state index contributed by atoms with van der Waals surface area (Å²) < 4.78 is 49.5. The summed E-state index contributed by atoms with van der Waals surface area (Å²) in [5, 5.41) is 31.9. The molecule has 0 amide bonds. The predicted octanol–water partition coefficient (Wildman–Crippen LogP) is 23.2. The third kappa shape index (κ3) is 12.4. The van der Waals surface area contributed by atoms with Crippen molar-refractivity contribution in [1.29, 1.82) is 0 Å². The third-order valence-electron chi connectivity index (χ3n) is 25.7. The number of carboxylic acid groups (broad SMARTS) is 3. The van der Waals surface area contributed by atoms with Crippen LogP contribution in [0, 0.1) is 72.2 Å². The quantitative estimate of drug-likeness (QED) is 0.110. The maximum Gasteiger partial charge on any atom is 0.306 e. The molecule has 0 atom stereocenters. The Balaban J connectivity index is 0.000000146. The highest BCUT2D eigenvalue weighted by molar-refractivity contribution is 6.08. The molecule has 0 bridgehead atoms. The van der Waals surface area contributed by atoms with E-state index in [4.69, 9.17) is 0 Å². The van der Waals surface area contributed by atoms with Crippen LogP contribution in [0.5, 0.6) is 0 Å². The number of halogens is 3. The molecule has 560 valence electrons. The highest BCUT2D eigenvalue weighted by atomic mass is 19.1. The van der Waals surface area contributed by atoms with E-state index in [2.05, 4.69) is 127 Å². The maximum atomic E-state index is 14.2. The lowest BCUT2D eigenvalue weighted by molar-refractivity contribution is -0.156. The topological polar surface area (TPSA) is 164 Å². The molecule has 6 aliphatic carbocycles. The van der Waals surface area contributed by atoms with Crippen LogP contribution in [0.4, 0.5) is 13.2 Å². The molecular weight excluding hydrogens is 1330 g/mol. The number of carbonyl (C=O) groups is 3. The fourth-order valence-corrected chi connectivity index (χ4v) is 20.7. The number of rotatable bonds is 12. The molecule has 3 aliphatic heterocycles. The van der Waals surface area contributed by atoms with Gasteiger partial charge in [0.05, 0.1) is 53.9 Å². The van der Waals surface area contributed by atoms with E-state index in [0.717, 1.165) is 147 Å². The molecule has 6 saturated carbocycles. The lowest BCUT2D eigenvalue weighted by Crippen LogP contribution is -2.49. The van der Waals surface area contributed by atoms with E-state index in [0.29, 0.717) is 52.2 Å². The van der Waals surface area contributed by atoms with Gasteiger partial charge in [-0.05, 0) is 311 Å². The van der Waals surface area contributed by atoms with Crippen LogP contribution < -0.4 is 0 Å². The summed E-state index contributed by atoms with van der Waals surface area (Å²) in [5.41, 5.74) is 27.8. The first kappa shape index (κ1) is 76.8. The van der Waals surface area contributed by atoms with Crippen molar-refractivity contribution in [2.75, 3.05) is 0 Å². The number of fused-ring (bicyclic) bond motifs is 6. The molecule has 0 unspecified atom stereocenters. The molecule has 12 nitrogen and oxygen atoms in total. The first-order valence-electron chi connectivity index (χ1n) is 37.2. The number of aryl methyl sites for hydroxylation is 3. The zero-order valence-corrected chi connectivity index (χ0v) is 60.8. The molecule has 15 heteroatoms. The van der Waals surface area contributed by atoms with Crippen LogP contribution in [-0.2, 0) is 34.0 Å². The van der Waals surface area contributed by atoms with E-state index in [9.17, 15) is 42.9 Å². The second kappa shape index (κ2) is 27.7. The summed E-state index contributed by atoms with van der Waals surface area (Å²) in [7, 11) is 0. The summed E-state index contributed by atoms with van der Waals surface area (Å²) in [4.78, 5) is 48.2. The number of aromatic nitrogens is 3. The Bertz CT molecular complexity index is 4660. The molecule has 0 radical (unpaired) electrons. The molecular formula is C91H109F3N6O6. The van der Waals surface area contributed by atoms with Gasteiger partial charge < -0.3 is 29.0 Å². The van der Waals surface area contributed by atoms with E-state index in [1.54, 1.807) is 18.2 Å². The number of carboxylic acids is 3. The molecule has 3 spiro atoms. The summed E-state index contributed by atoms with van der Waals surface area (Å²) in [6.07, 6.45) is 11.2. The van der Waals surface area contributed by atoms with E-state index in [-0.39, 0.29) is 81.2 Å². The van der Waals surface area contributed by atoms with E-state index in [1.165, 1.54) is 83.3 Å². The Kier molecular flexibility index (Phi) is 20.1. The van der Waals surface area contributed by atoms with Gasteiger partial charge in [-0.1, -0.05) is 71.2 Å². The smallest absolute Gasteiger partial charge is 0.306 e. The Hall–Kier alpha value is -8.85. The van der Waals surface area contributed by atoms with Gasteiger partial charge in [-0.25, -0.2) is 13.2 Å². The van der Waals surface area contributed by atoms with Crippen LogP contribution in [-0.4, -0.2) is 64.1 Å². The molecule has 0 saturated heterocycles. The average Bonchev–Trinajstić information content (AvgIpc) is 1.45. The van der Waals surface area contributed by atoms with Gasteiger partial charge in [-0.2, -0.15) is 0 Å². The predicted molar refractivity (Wildman–Crippen MR) is 425 cm³/mol. The standard InChI is InChI=1S/3C29H31FN2O2.4CH4/c3*1-15(2)27-26(19-10-29(11-19)12-20(13-29)28(33)34)23-8-18-14-31-17(4)22(18)9-25(23)32(27)21-5-6-24(30)16(3)7-21;;;;/h3*5-9,15,19-20H,10-14H2,1-4H3,(H,33,34);4*1H4. The molecule has 6 heterocycles. The van der Waals surface area contributed by atoms with Crippen LogP contribution in [0.1, 0.15) is 288 Å². The fraction of sp³-hybridized carbons (Fsp3) is 0.473. The van der Waals surface area contributed by atoms with Crippen LogP contribution in [0.2, 0.25) is 0 Å². The molecule has 18 rings (SSSR count). The number of hydrogen-bond acceptors (Lipinski definition) is 6. The van der Waals surface area contributed by atoms with Gasteiger partial charge in [0, 0.05) is 84.1 Å². The van der Waals surface area contributed by atoms with Gasteiger partial charge in [0.1, 0.15) is 17.5 Å². The van der Waals surface area contributed by atoms with Crippen molar-refractivity contribution >= 4 is 67.8 Å². The van der Waals surface area contributed by atoms with Crippen LogP contribution in [0.25, 0.3) is 49.8 Å². The third-order valence-corrected chi connectivity index (χ3v) is 25.7. The second-order valence-corrected chi connectivity index (χ2v) is 33.6. The van der Waals surface area contributed by atoms with Crippen LogP contribution in [0.3, 0.4) is 0 Å². The second-order valence-electron chi connectivity index (χ2n) is 33.6. The Morgan fingerprint density at radius 3 is 0.821 bits per heavy atom. The van der Waals surface area contributed by atoms with Gasteiger partial charge >= 0.3 is 17.9 Å². The van der Waals surface area contributed by atoms with Crippen molar-refractivity contribution in [3.8, 4) is 17.1 Å². The van der Waals surface area contributed by atoms with Gasteiger partial charge in [0.25, 0.3) is 0 Å². The van der Waals surface area contributed by atoms with Crippen LogP contribution >= 0.6 is 0 Å². The van der Waals surface area contributed by atoms with Crippen molar-refractivity contribution in [1.82, 2.24) is 13.7 Å². The van der Waals surface area contributed by atoms with Crippen molar-refractivity contribution in [2.24, 2.45) is 49.0 Å². The van der Waals surface area contributed by atoms with E-state index in [1.807, 2.05) is 57.2 Å². The van der Waals surface area contributed by atoms with Gasteiger partial charge in [-0.15, -0.1) is 0 Å². The van der Waals surface area contributed by atoms with Crippen molar-refractivity contribution in [3.05, 3.63) is 192 Å². The molecule has 6 aromatic carbocycles. The maximum absolute atomic E-state index is 14.2. The molecule has 9 aliphatic rings. The first-order valence-corrected chi connectivity index (χ1v) is 37.2. The first-order chi connectivity index (χ1) is 48.5. The highest BCUT2D eigenvalue weighted by Crippen LogP contribution is 2.68. The molecule has 9 aromatic rings. The van der Waals surface area contributed by atoms with Crippen LogP contribution in [0.15, 0.2) is 106 Å². The summed E-state index contributed by atoms with van der Waals surface area (Å²) in [6.45, 7) is 27.3. The number of nitrogens with zero attached hydrogens (tertiary/aromatic N) is 6.